The van der Waals surface area contributed by atoms with E-state index in [0.717, 1.165) is 22.0 Å². The molecule has 3 nitrogen and oxygen atoms in total. The van der Waals surface area contributed by atoms with E-state index in [0.29, 0.717) is 0 Å². The van der Waals surface area contributed by atoms with Crippen LogP contribution in [0.25, 0.3) is 10.8 Å². The molecule has 0 N–H and O–H groups in total. The number of rotatable bonds is 3. The third-order valence-electron chi connectivity index (χ3n) is 3.89. The van der Waals surface area contributed by atoms with Crippen molar-refractivity contribution in [3.05, 3.63) is 78.1 Å². The van der Waals surface area contributed by atoms with Crippen LogP contribution >= 0.6 is 0 Å². The topological polar surface area (TPSA) is 39.2 Å². The molecule has 3 heteroatoms. The first kappa shape index (κ1) is 16.2. The summed E-state index contributed by atoms with van der Waals surface area (Å²) in [5.74, 6) is -0.244. The fourth-order valence-corrected chi connectivity index (χ4v) is 2.55. The van der Waals surface area contributed by atoms with Crippen molar-refractivity contribution in [3.8, 4) is 0 Å². The molecule has 0 aliphatic rings. The number of benzene rings is 2. The van der Waals surface area contributed by atoms with E-state index in [1.165, 1.54) is 0 Å². The van der Waals surface area contributed by atoms with Crippen molar-refractivity contribution in [1.29, 1.82) is 0 Å². The van der Waals surface area contributed by atoms with Gasteiger partial charge in [-0.15, -0.1) is 0 Å². The number of ether oxygens (including phenoxy) is 1. The average Bonchev–Trinajstić information content (AvgIpc) is 2.59. The third kappa shape index (κ3) is 3.30. The molecular formula is C21H21NO2. The van der Waals surface area contributed by atoms with E-state index in [9.17, 15) is 4.79 Å². The number of aromatic nitrogens is 1. The molecule has 0 saturated carbocycles. The summed E-state index contributed by atoms with van der Waals surface area (Å²) in [6, 6.07) is 19.7. The SMILES string of the molecule is CC(C)(C)C(=O)OC(c1ccccc1)c1nccc2ccccc12. The van der Waals surface area contributed by atoms with Gasteiger partial charge in [-0.25, -0.2) is 0 Å². The molecule has 3 rings (SSSR count). The predicted molar refractivity (Wildman–Crippen MR) is 95.6 cm³/mol. The average molecular weight is 319 g/mol. The van der Waals surface area contributed by atoms with Crippen molar-refractivity contribution < 1.29 is 9.53 Å². The Morgan fingerprint density at radius 3 is 2.33 bits per heavy atom. The van der Waals surface area contributed by atoms with E-state index in [1.807, 2.05) is 81.4 Å². The van der Waals surface area contributed by atoms with Crippen LogP contribution in [0.4, 0.5) is 0 Å². The number of carbonyl (C=O) groups excluding carboxylic acids is 1. The fraction of sp³-hybridized carbons (Fsp3) is 0.238. The first-order valence-corrected chi connectivity index (χ1v) is 8.06. The van der Waals surface area contributed by atoms with Crippen molar-refractivity contribution in [2.45, 2.75) is 26.9 Å². The van der Waals surface area contributed by atoms with Crippen molar-refractivity contribution in [3.63, 3.8) is 0 Å². The summed E-state index contributed by atoms with van der Waals surface area (Å²) in [6.07, 6.45) is 1.24. The van der Waals surface area contributed by atoms with Crippen LogP contribution in [0, 0.1) is 5.41 Å². The lowest BCUT2D eigenvalue weighted by molar-refractivity contribution is -0.157. The number of fused-ring (bicyclic) bond motifs is 1. The second-order valence-electron chi connectivity index (χ2n) is 6.86. The Bertz CT molecular complexity index is 845. The smallest absolute Gasteiger partial charge is 0.312 e. The highest BCUT2D eigenvalue weighted by atomic mass is 16.5. The molecule has 3 aromatic rings. The molecular weight excluding hydrogens is 298 g/mol. The van der Waals surface area contributed by atoms with E-state index >= 15 is 0 Å². The molecule has 0 aliphatic carbocycles. The number of nitrogens with zero attached hydrogens (tertiary/aromatic N) is 1. The summed E-state index contributed by atoms with van der Waals surface area (Å²) in [5.41, 5.74) is 1.10. The molecule has 0 amide bonds. The van der Waals surface area contributed by atoms with Crippen LogP contribution < -0.4 is 0 Å². The number of carbonyl (C=O) groups is 1. The molecule has 24 heavy (non-hydrogen) atoms. The lowest BCUT2D eigenvalue weighted by Crippen LogP contribution is -2.25. The van der Waals surface area contributed by atoms with Crippen molar-refractivity contribution in [2.24, 2.45) is 5.41 Å². The number of pyridine rings is 1. The van der Waals surface area contributed by atoms with Gasteiger partial charge in [0, 0.05) is 11.6 Å². The number of hydrogen-bond donors (Lipinski definition) is 0. The standard InChI is InChI=1S/C21H21NO2/c1-21(2,3)20(23)24-19(16-10-5-4-6-11-16)18-17-12-8-7-9-15(17)13-14-22-18/h4-14,19H,1-3H3. The summed E-state index contributed by atoms with van der Waals surface area (Å²) >= 11 is 0. The number of hydrogen-bond acceptors (Lipinski definition) is 3. The molecule has 1 heterocycles. The maximum atomic E-state index is 12.5. The van der Waals surface area contributed by atoms with Crippen molar-refractivity contribution in [1.82, 2.24) is 4.98 Å². The minimum Gasteiger partial charge on any atom is -0.450 e. The summed E-state index contributed by atoms with van der Waals surface area (Å²) in [7, 11) is 0. The first-order valence-electron chi connectivity index (χ1n) is 8.06. The Labute approximate surface area is 142 Å². The van der Waals surface area contributed by atoms with Crippen LogP contribution in [0.2, 0.25) is 0 Å². The van der Waals surface area contributed by atoms with Gasteiger partial charge in [0.25, 0.3) is 0 Å². The van der Waals surface area contributed by atoms with Gasteiger partial charge in [0.2, 0.25) is 0 Å². The van der Waals surface area contributed by atoms with E-state index in [1.54, 1.807) is 6.20 Å². The molecule has 122 valence electrons. The monoisotopic (exact) mass is 319 g/mol. The van der Waals surface area contributed by atoms with Gasteiger partial charge in [-0.3, -0.25) is 9.78 Å². The van der Waals surface area contributed by atoms with Gasteiger partial charge < -0.3 is 4.74 Å². The second kappa shape index (κ2) is 6.44. The zero-order valence-electron chi connectivity index (χ0n) is 14.2. The van der Waals surface area contributed by atoms with Gasteiger partial charge in [-0.2, -0.15) is 0 Å². The van der Waals surface area contributed by atoms with E-state index in [2.05, 4.69) is 4.98 Å². The van der Waals surface area contributed by atoms with Crippen molar-refractivity contribution in [2.75, 3.05) is 0 Å². The Morgan fingerprint density at radius 1 is 0.958 bits per heavy atom. The quantitative estimate of drug-likeness (QED) is 0.644. The molecule has 0 saturated heterocycles. The third-order valence-corrected chi connectivity index (χ3v) is 3.89. The minimum atomic E-state index is -0.572. The lowest BCUT2D eigenvalue weighted by Gasteiger charge is -2.24. The van der Waals surface area contributed by atoms with Crippen molar-refractivity contribution >= 4 is 16.7 Å². The van der Waals surface area contributed by atoms with Crippen LogP contribution in [-0.2, 0) is 9.53 Å². The first-order chi connectivity index (χ1) is 11.5. The summed E-state index contributed by atoms with van der Waals surface area (Å²) in [6.45, 7) is 5.57. The molecule has 0 radical (unpaired) electrons. The Balaban J connectivity index is 2.12. The molecule has 0 fully saturated rings. The zero-order valence-corrected chi connectivity index (χ0v) is 14.2. The largest absolute Gasteiger partial charge is 0.450 e. The van der Waals surface area contributed by atoms with E-state index in [4.69, 9.17) is 4.74 Å². The normalized spacial score (nSPS) is 12.8. The van der Waals surface area contributed by atoms with Gasteiger partial charge >= 0.3 is 5.97 Å². The maximum Gasteiger partial charge on any atom is 0.312 e. The fourth-order valence-electron chi connectivity index (χ4n) is 2.55. The van der Waals surface area contributed by atoms with Crippen LogP contribution in [0.1, 0.15) is 38.1 Å². The summed E-state index contributed by atoms with van der Waals surface area (Å²) in [4.78, 5) is 17.0. The molecule has 1 aromatic heterocycles. The minimum absolute atomic E-state index is 0.244. The molecule has 2 aromatic carbocycles. The molecule has 0 spiro atoms. The molecule has 1 atom stereocenters. The van der Waals surface area contributed by atoms with Crippen LogP contribution in [0.3, 0.4) is 0 Å². The van der Waals surface area contributed by atoms with Gasteiger partial charge in [0.05, 0.1) is 11.1 Å². The highest BCUT2D eigenvalue weighted by Gasteiger charge is 2.29. The Kier molecular flexibility index (Phi) is 4.34. The van der Waals surface area contributed by atoms with Gasteiger partial charge in [0.15, 0.2) is 6.10 Å². The maximum absolute atomic E-state index is 12.5. The Hall–Kier alpha value is -2.68. The van der Waals surface area contributed by atoms with Gasteiger partial charge in [-0.1, -0.05) is 54.6 Å². The molecule has 1 unspecified atom stereocenters. The van der Waals surface area contributed by atoms with Crippen LogP contribution in [-0.4, -0.2) is 11.0 Å². The molecule has 0 bridgehead atoms. The van der Waals surface area contributed by atoms with Crippen LogP contribution in [0.5, 0.6) is 0 Å². The predicted octanol–water partition coefficient (Wildman–Crippen LogP) is 4.91. The highest BCUT2D eigenvalue weighted by Crippen LogP contribution is 2.32. The zero-order chi connectivity index (χ0) is 17.2. The summed E-state index contributed by atoms with van der Waals surface area (Å²) < 4.78 is 5.89. The van der Waals surface area contributed by atoms with E-state index < -0.39 is 11.5 Å². The van der Waals surface area contributed by atoms with Crippen LogP contribution in [0.15, 0.2) is 66.9 Å². The second-order valence-corrected chi connectivity index (χ2v) is 6.86. The summed E-state index contributed by atoms with van der Waals surface area (Å²) in [5, 5.41) is 2.07. The lowest BCUT2D eigenvalue weighted by atomic mass is 9.96. The number of esters is 1. The van der Waals surface area contributed by atoms with Gasteiger partial charge in [0.1, 0.15) is 0 Å². The molecule has 0 aliphatic heterocycles. The Morgan fingerprint density at radius 2 is 1.62 bits per heavy atom. The van der Waals surface area contributed by atoms with E-state index in [-0.39, 0.29) is 5.97 Å². The van der Waals surface area contributed by atoms with Gasteiger partial charge in [-0.05, 0) is 37.8 Å². The highest BCUT2D eigenvalue weighted by molar-refractivity contribution is 5.85.